The summed E-state index contributed by atoms with van der Waals surface area (Å²) in [6.07, 6.45) is -2.93. The highest BCUT2D eigenvalue weighted by Gasteiger charge is 2.30. The molecule has 0 aliphatic heterocycles. The number of hydrogen-bond acceptors (Lipinski definition) is 2. The largest absolute Gasteiger partial charge is 0.455 e. The molecule has 3 aromatic rings. The lowest BCUT2D eigenvalue weighted by Crippen LogP contribution is -2.04. The van der Waals surface area contributed by atoms with Crippen LogP contribution in [0.15, 0.2) is 59.2 Å². The number of alkyl halides is 3. The fourth-order valence-electron chi connectivity index (χ4n) is 2.02. The fourth-order valence-corrected chi connectivity index (χ4v) is 2.54. The normalized spacial score (nSPS) is 11.6. The van der Waals surface area contributed by atoms with Gasteiger partial charge in [-0.2, -0.15) is 13.2 Å². The number of nitrogens with zero attached hydrogens (tertiary/aromatic N) is 1. The lowest BCUT2D eigenvalue weighted by atomic mass is 10.2. The van der Waals surface area contributed by atoms with Crippen molar-refractivity contribution in [1.82, 2.24) is 4.98 Å². The Labute approximate surface area is 132 Å². The van der Waals surface area contributed by atoms with Gasteiger partial charge in [0.1, 0.15) is 5.75 Å². The summed E-state index contributed by atoms with van der Waals surface area (Å²) in [6.45, 7) is 0. The number of para-hydroxylation sites is 1. The summed E-state index contributed by atoms with van der Waals surface area (Å²) in [5, 5.41) is 0.826. The van der Waals surface area contributed by atoms with Gasteiger partial charge < -0.3 is 4.74 Å². The van der Waals surface area contributed by atoms with Crippen LogP contribution < -0.4 is 4.74 Å². The van der Waals surface area contributed by atoms with E-state index in [-0.39, 0.29) is 5.75 Å². The highest BCUT2D eigenvalue weighted by molar-refractivity contribution is 9.10. The van der Waals surface area contributed by atoms with Gasteiger partial charge in [-0.05, 0) is 40.2 Å². The molecule has 1 aromatic heterocycles. The van der Waals surface area contributed by atoms with Gasteiger partial charge in [0.05, 0.1) is 21.7 Å². The number of rotatable bonds is 2. The van der Waals surface area contributed by atoms with Gasteiger partial charge in [-0.25, -0.2) is 0 Å². The highest BCUT2D eigenvalue weighted by Crippen LogP contribution is 2.36. The van der Waals surface area contributed by atoms with Gasteiger partial charge in [-0.1, -0.05) is 24.3 Å². The molecule has 3 rings (SSSR count). The molecule has 0 atom stereocenters. The van der Waals surface area contributed by atoms with Crippen LogP contribution in [0.2, 0.25) is 0 Å². The zero-order valence-corrected chi connectivity index (χ0v) is 12.6. The van der Waals surface area contributed by atoms with E-state index in [0.717, 1.165) is 23.0 Å². The van der Waals surface area contributed by atoms with E-state index >= 15 is 0 Å². The molecule has 0 radical (unpaired) electrons. The predicted molar refractivity (Wildman–Crippen MR) is 81.0 cm³/mol. The molecule has 1 heterocycles. The van der Waals surface area contributed by atoms with Gasteiger partial charge in [0.25, 0.3) is 0 Å². The number of fused-ring (bicyclic) bond motifs is 1. The molecule has 6 heteroatoms. The predicted octanol–water partition coefficient (Wildman–Crippen LogP) is 5.81. The van der Waals surface area contributed by atoms with E-state index in [2.05, 4.69) is 20.9 Å². The van der Waals surface area contributed by atoms with Crippen molar-refractivity contribution in [3.05, 3.63) is 64.8 Å². The van der Waals surface area contributed by atoms with E-state index in [1.54, 1.807) is 0 Å². The lowest BCUT2D eigenvalue weighted by molar-refractivity contribution is -0.137. The summed E-state index contributed by atoms with van der Waals surface area (Å²) >= 11 is 3.41. The molecule has 0 saturated carbocycles. The molecule has 2 nitrogen and oxygen atoms in total. The van der Waals surface area contributed by atoms with Gasteiger partial charge in [0.15, 0.2) is 5.75 Å². The first-order valence-electron chi connectivity index (χ1n) is 6.33. The van der Waals surface area contributed by atoms with Crippen LogP contribution >= 0.6 is 15.9 Å². The van der Waals surface area contributed by atoms with Crippen molar-refractivity contribution in [2.75, 3.05) is 0 Å². The molecule has 0 aliphatic carbocycles. The summed E-state index contributed by atoms with van der Waals surface area (Å²) in [4.78, 5) is 4.23. The van der Waals surface area contributed by atoms with Crippen LogP contribution in [0.5, 0.6) is 11.5 Å². The molecule has 2 aromatic carbocycles. The summed E-state index contributed by atoms with van der Waals surface area (Å²) in [6, 6.07) is 12.1. The van der Waals surface area contributed by atoms with Crippen LogP contribution in [-0.4, -0.2) is 4.98 Å². The van der Waals surface area contributed by atoms with Crippen molar-refractivity contribution in [2.24, 2.45) is 0 Å². The third-order valence-corrected chi connectivity index (χ3v) is 3.88. The number of hydrogen-bond donors (Lipinski definition) is 0. The van der Waals surface area contributed by atoms with Crippen LogP contribution in [0.1, 0.15) is 5.56 Å². The monoisotopic (exact) mass is 367 g/mol. The summed E-state index contributed by atoms with van der Waals surface area (Å²) < 4.78 is 44.3. The average Bonchev–Trinajstić information content (AvgIpc) is 2.50. The van der Waals surface area contributed by atoms with Crippen LogP contribution in [0, 0.1) is 0 Å². The Bertz CT molecular complexity index is 833. The Morgan fingerprint density at radius 3 is 2.55 bits per heavy atom. The summed E-state index contributed by atoms with van der Waals surface area (Å²) in [5.74, 6) is 0.464. The van der Waals surface area contributed by atoms with Crippen LogP contribution in [0.25, 0.3) is 10.9 Å². The van der Waals surface area contributed by atoms with Crippen molar-refractivity contribution in [3.63, 3.8) is 0 Å². The van der Waals surface area contributed by atoms with E-state index in [4.69, 9.17) is 4.74 Å². The van der Waals surface area contributed by atoms with E-state index in [9.17, 15) is 13.2 Å². The number of ether oxygens (including phenoxy) is 1. The average molecular weight is 368 g/mol. The molecule has 0 bridgehead atoms. The first kappa shape index (κ1) is 14.8. The van der Waals surface area contributed by atoms with Crippen molar-refractivity contribution in [3.8, 4) is 11.5 Å². The fraction of sp³-hybridized carbons (Fsp3) is 0.0625. The van der Waals surface area contributed by atoms with E-state index < -0.39 is 11.7 Å². The zero-order chi connectivity index (χ0) is 15.7. The molecule has 0 amide bonds. The van der Waals surface area contributed by atoms with Gasteiger partial charge in [0, 0.05) is 5.39 Å². The minimum atomic E-state index is -4.40. The highest BCUT2D eigenvalue weighted by atomic mass is 79.9. The third kappa shape index (κ3) is 2.92. The van der Waals surface area contributed by atoms with Crippen LogP contribution in [-0.2, 0) is 6.18 Å². The van der Waals surface area contributed by atoms with E-state index in [1.807, 2.05) is 24.3 Å². The molecule has 0 aliphatic rings. The topological polar surface area (TPSA) is 22.1 Å². The Morgan fingerprint density at radius 2 is 1.77 bits per heavy atom. The second kappa shape index (κ2) is 5.61. The van der Waals surface area contributed by atoms with Gasteiger partial charge in [-0.3, -0.25) is 4.98 Å². The number of aromatic nitrogens is 1. The molecule has 0 spiro atoms. The minimum absolute atomic E-state index is 0.104. The van der Waals surface area contributed by atoms with E-state index in [0.29, 0.717) is 10.2 Å². The van der Waals surface area contributed by atoms with Gasteiger partial charge in [-0.15, -0.1) is 0 Å². The zero-order valence-electron chi connectivity index (χ0n) is 11.1. The Hall–Kier alpha value is -2.08. The number of pyridine rings is 1. The quantitative estimate of drug-likeness (QED) is 0.570. The summed E-state index contributed by atoms with van der Waals surface area (Å²) in [5.41, 5.74) is 0.0145. The Kier molecular flexibility index (Phi) is 3.78. The molecular weight excluding hydrogens is 359 g/mol. The maximum absolute atomic E-state index is 12.7. The van der Waals surface area contributed by atoms with Crippen molar-refractivity contribution >= 4 is 26.8 Å². The first-order valence-corrected chi connectivity index (χ1v) is 7.13. The lowest BCUT2D eigenvalue weighted by Gasteiger charge is -2.11. The smallest absolute Gasteiger partial charge is 0.416 e. The van der Waals surface area contributed by atoms with Gasteiger partial charge in [0.2, 0.25) is 0 Å². The van der Waals surface area contributed by atoms with E-state index in [1.165, 1.54) is 18.3 Å². The molecule has 0 saturated heterocycles. The maximum Gasteiger partial charge on any atom is 0.416 e. The SMILES string of the molecule is FC(F)(F)c1cccc(Oc2cnc3ccccc3c2Br)c1. The van der Waals surface area contributed by atoms with Crippen molar-refractivity contribution in [1.29, 1.82) is 0 Å². The molecule has 0 unspecified atom stereocenters. The van der Waals surface area contributed by atoms with Gasteiger partial charge >= 0.3 is 6.18 Å². The van der Waals surface area contributed by atoms with Crippen LogP contribution in [0.3, 0.4) is 0 Å². The molecule has 0 N–H and O–H groups in total. The molecular formula is C16H9BrF3NO. The Morgan fingerprint density at radius 1 is 1.00 bits per heavy atom. The van der Waals surface area contributed by atoms with Crippen molar-refractivity contribution in [2.45, 2.75) is 6.18 Å². The minimum Gasteiger partial charge on any atom is -0.455 e. The number of benzene rings is 2. The Balaban J connectivity index is 1.98. The van der Waals surface area contributed by atoms with Crippen LogP contribution in [0.4, 0.5) is 13.2 Å². The summed E-state index contributed by atoms with van der Waals surface area (Å²) in [7, 11) is 0. The number of halogens is 4. The molecule has 0 fully saturated rings. The molecule has 112 valence electrons. The maximum atomic E-state index is 12.7. The third-order valence-electron chi connectivity index (χ3n) is 3.07. The second-order valence-electron chi connectivity index (χ2n) is 4.58. The second-order valence-corrected chi connectivity index (χ2v) is 5.37. The first-order chi connectivity index (χ1) is 10.4. The standard InChI is InChI=1S/C16H9BrF3NO/c17-15-12-6-1-2-7-13(12)21-9-14(15)22-11-5-3-4-10(8-11)16(18,19)20/h1-9H. The molecule has 22 heavy (non-hydrogen) atoms. The van der Waals surface area contributed by atoms with Crippen molar-refractivity contribution < 1.29 is 17.9 Å².